The van der Waals surface area contributed by atoms with Crippen LogP contribution >= 0.6 is 0 Å². The van der Waals surface area contributed by atoms with Gasteiger partial charge in [-0.2, -0.15) is 0 Å². The number of hydrogen-bond acceptors (Lipinski definition) is 3. The zero-order valence-corrected chi connectivity index (χ0v) is 12.7. The minimum atomic E-state index is 0.0751. The van der Waals surface area contributed by atoms with Crippen LogP contribution in [0.15, 0.2) is 12.1 Å². The fraction of sp³-hybridized carbons (Fsp3) is 0.625. The minimum Gasteiger partial charge on any atom is -0.490 e. The van der Waals surface area contributed by atoms with Crippen molar-refractivity contribution in [3.8, 4) is 5.75 Å². The average molecular weight is 263 g/mol. The third-order valence-electron chi connectivity index (χ3n) is 3.78. The summed E-state index contributed by atoms with van der Waals surface area (Å²) in [5, 5.41) is 3.48. The molecule has 0 aromatic heterocycles. The maximum absolute atomic E-state index is 5.99. The molecule has 1 aromatic carbocycles. The van der Waals surface area contributed by atoms with E-state index in [1.807, 2.05) is 0 Å². The Morgan fingerprint density at radius 3 is 2.58 bits per heavy atom. The summed E-state index contributed by atoms with van der Waals surface area (Å²) in [7, 11) is 0. The molecule has 3 nitrogen and oxygen atoms in total. The van der Waals surface area contributed by atoms with Gasteiger partial charge in [0.25, 0.3) is 0 Å². The molecule has 1 aliphatic rings. The zero-order valence-electron chi connectivity index (χ0n) is 12.7. The zero-order chi connectivity index (χ0) is 14.0. The van der Waals surface area contributed by atoms with Crippen molar-refractivity contribution in [2.75, 3.05) is 19.8 Å². The van der Waals surface area contributed by atoms with Crippen molar-refractivity contribution in [3.63, 3.8) is 0 Å². The Balaban J connectivity index is 1.95. The minimum absolute atomic E-state index is 0.0751. The van der Waals surface area contributed by atoms with Crippen molar-refractivity contribution in [2.24, 2.45) is 0 Å². The van der Waals surface area contributed by atoms with Gasteiger partial charge in [0, 0.05) is 12.1 Å². The fourth-order valence-corrected chi connectivity index (χ4v) is 2.26. The molecule has 1 N–H and O–H groups in total. The van der Waals surface area contributed by atoms with Crippen LogP contribution in [0.25, 0.3) is 0 Å². The summed E-state index contributed by atoms with van der Waals surface area (Å²) in [6.07, 6.45) is 0.132. The fourth-order valence-electron chi connectivity index (χ4n) is 2.26. The molecule has 1 atom stereocenters. The monoisotopic (exact) mass is 263 g/mol. The third-order valence-corrected chi connectivity index (χ3v) is 3.78. The van der Waals surface area contributed by atoms with E-state index in [1.165, 1.54) is 16.7 Å². The lowest BCUT2D eigenvalue weighted by molar-refractivity contribution is -0.0413. The summed E-state index contributed by atoms with van der Waals surface area (Å²) in [4.78, 5) is 0. The second-order valence-corrected chi connectivity index (χ2v) is 6.16. The molecular formula is C16H25NO2. The number of rotatable bonds is 3. The highest BCUT2D eigenvalue weighted by atomic mass is 16.5. The molecule has 0 spiro atoms. The average Bonchev–Trinajstić information content (AvgIpc) is 2.36. The second kappa shape index (κ2) is 5.51. The summed E-state index contributed by atoms with van der Waals surface area (Å²) in [6.45, 7) is 12.8. The Morgan fingerprint density at radius 1 is 1.26 bits per heavy atom. The van der Waals surface area contributed by atoms with Crippen LogP contribution in [-0.4, -0.2) is 31.4 Å². The predicted molar refractivity (Wildman–Crippen MR) is 78.0 cm³/mol. The maximum Gasteiger partial charge on any atom is 0.125 e. The molecule has 1 saturated heterocycles. The Kier molecular flexibility index (Phi) is 4.16. The van der Waals surface area contributed by atoms with E-state index in [9.17, 15) is 0 Å². The first kappa shape index (κ1) is 14.4. The molecule has 1 aromatic rings. The van der Waals surface area contributed by atoms with Crippen LogP contribution in [0, 0.1) is 20.8 Å². The largest absolute Gasteiger partial charge is 0.490 e. The van der Waals surface area contributed by atoms with Crippen LogP contribution < -0.4 is 10.1 Å². The standard InChI is InChI=1S/C16H25NO2/c1-11-6-7-12(2)15(13(11)3)18-9-14-8-17-16(4,5)10-19-14/h6-7,14,17H,8-10H2,1-5H3. The van der Waals surface area contributed by atoms with Gasteiger partial charge in [-0.25, -0.2) is 0 Å². The second-order valence-electron chi connectivity index (χ2n) is 6.16. The lowest BCUT2D eigenvalue weighted by Gasteiger charge is -2.35. The van der Waals surface area contributed by atoms with E-state index < -0.39 is 0 Å². The van der Waals surface area contributed by atoms with Crippen molar-refractivity contribution >= 4 is 0 Å². The van der Waals surface area contributed by atoms with Crippen molar-refractivity contribution < 1.29 is 9.47 Å². The normalized spacial score (nSPS) is 22.3. The molecule has 3 heteroatoms. The van der Waals surface area contributed by atoms with Gasteiger partial charge in [0.2, 0.25) is 0 Å². The predicted octanol–water partition coefficient (Wildman–Crippen LogP) is 2.76. The van der Waals surface area contributed by atoms with Crippen LogP contribution in [0.3, 0.4) is 0 Å². The van der Waals surface area contributed by atoms with E-state index in [2.05, 4.69) is 52.1 Å². The number of nitrogens with one attached hydrogen (secondary N) is 1. The number of aryl methyl sites for hydroxylation is 2. The van der Waals surface area contributed by atoms with E-state index in [1.54, 1.807) is 0 Å². The highest BCUT2D eigenvalue weighted by Crippen LogP contribution is 2.26. The third kappa shape index (κ3) is 3.48. The molecule has 0 radical (unpaired) electrons. The smallest absolute Gasteiger partial charge is 0.125 e. The molecule has 1 fully saturated rings. The van der Waals surface area contributed by atoms with Crippen molar-refractivity contribution in [1.29, 1.82) is 0 Å². The lowest BCUT2D eigenvalue weighted by atomic mass is 10.0. The Morgan fingerprint density at radius 2 is 1.95 bits per heavy atom. The maximum atomic E-state index is 5.99. The first-order valence-electron chi connectivity index (χ1n) is 6.95. The molecule has 0 amide bonds. The molecule has 2 rings (SSSR count). The van der Waals surface area contributed by atoms with Gasteiger partial charge in [0.1, 0.15) is 18.5 Å². The molecule has 1 unspecified atom stereocenters. The van der Waals surface area contributed by atoms with Crippen LogP contribution in [0.1, 0.15) is 30.5 Å². The first-order chi connectivity index (χ1) is 8.89. The van der Waals surface area contributed by atoms with E-state index in [0.717, 1.165) is 18.9 Å². The Labute approximate surface area is 116 Å². The van der Waals surface area contributed by atoms with Crippen molar-refractivity contribution in [3.05, 3.63) is 28.8 Å². The van der Waals surface area contributed by atoms with Gasteiger partial charge in [-0.15, -0.1) is 0 Å². The van der Waals surface area contributed by atoms with Crippen LogP contribution in [0.4, 0.5) is 0 Å². The van der Waals surface area contributed by atoms with E-state index in [0.29, 0.717) is 6.61 Å². The molecule has 0 bridgehead atoms. The molecule has 1 heterocycles. The number of hydrogen-bond donors (Lipinski definition) is 1. The van der Waals surface area contributed by atoms with Crippen LogP contribution in [0.2, 0.25) is 0 Å². The Bertz CT molecular complexity index is 444. The number of morpholine rings is 1. The van der Waals surface area contributed by atoms with Crippen molar-refractivity contribution in [2.45, 2.75) is 46.3 Å². The summed E-state index contributed by atoms with van der Waals surface area (Å²) >= 11 is 0. The molecular weight excluding hydrogens is 238 g/mol. The topological polar surface area (TPSA) is 30.5 Å². The SMILES string of the molecule is Cc1ccc(C)c(OCC2CNC(C)(C)CO2)c1C. The first-order valence-corrected chi connectivity index (χ1v) is 6.95. The molecule has 0 aliphatic carbocycles. The molecule has 0 saturated carbocycles. The van der Waals surface area contributed by atoms with Gasteiger partial charge >= 0.3 is 0 Å². The van der Waals surface area contributed by atoms with Gasteiger partial charge in [0.05, 0.1) is 6.61 Å². The van der Waals surface area contributed by atoms with Crippen LogP contribution in [0.5, 0.6) is 5.75 Å². The van der Waals surface area contributed by atoms with E-state index >= 15 is 0 Å². The highest BCUT2D eigenvalue weighted by Gasteiger charge is 2.27. The number of ether oxygens (including phenoxy) is 2. The van der Waals surface area contributed by atoms with E-state index in [4.69, 9.17) is 9.47 Å². The van der Waals surface area contributed by atoms with Crippen LogP contribution in [-0.2, 0) is 4.74 Å². The molecule has 106 valence electrons. The molecule has 1 aliphatic heterocycles. The molecule has 19 heavy (non-hydrogen) atoms. The van der Waals surface area contributed by atoms with Gasteiger partial charge in [-0.05, 0) is 51.3 Å². The van der Waals surface area contributed by atoms with Gasteiger partial charge < -0.3 is 14.8 Å². The van der Waals surface area contributed by atoms with Gasteiger partial charge in [-0.3, -0.25) is 0 Å². The van der Waals surface area contributed by atoms with Gasteiger partial charge in [-0.1, -0.05) is 12.1 Å². The quantitative estimate of drug-likeness (QED) is 0.909. The summed E-state index contributed by atoms with van der Waals surface area (Å²) in [5.41, 5.74) is 3.76. The lowest BCUT2D eigenvalue weighted by Crippen LogP contribution is -2.54. The highest BCUT2D eigenvalue weighted by molar-refractivity contribution is 5.44. The summed E-state index contributed by atoms with van der Waals surface area (Å²) in [6, 6.07) is 4.25. The van der Waals surface area contributed by atoms with E-state index in [-0.39, 0.29) is 11.6 Å². The van der Waals surface area contributed by atoms with Crippen molar-refractivity contribution in [1.82, 2.24) is 5.32 Å². The summed E-state index contributed by atoms with van der Waals surface area (Å²) < 4.78 is 11.8. The Hall–Kier alpha value is -1.06. The van der Waals surface area contributed by atoms with Gasteiger partial charge in [0.15, 0.2) is 0 Å². The summed E-state index contributed by atoms with van der Waals surface area (Å²) in [5.74, 6) is 1.01. The number of benzene rings is 1.